The Morgan fingerprint density at radius 2 is 0.439 bits per heavy atom. The van der Waals surface area contributed by atoms with Gasteiger partial charge in [0.25, 0.3) is 0 Å². The molecule has 0 spiro atoms. The van der Waals surface area contributed by atoms with E-state index in [2.05, 4.69) is 431 Å². The molecule has 0 aliphatic carbocycles. The number of thiophene rings is 8. The molecule has 12 heteroatoms. The highest BCUT2D eigenvalue weighted by Crippen LogP contribution is 2.52. The lowest BCUT2D eigenvalue weighted by Gasteiger charge is -2.09. The van der Waals surface area contributed by atoms with Crippen LogP contribution in [0.1, 0.15) is 0 Å². The van der Waals surface area contributed by atoms with Crippen molar-refractivity contribution in [1.29, 1.82) is 0 Å². The minimum Gasteiger partial charge on any atom is -0.309 e. The third kappa shape index (κ3) is 11.2. The number of hydrogen-bond acceptors (Lipinski definition) is 8. The number of nitrogens with zero attached hydrogens (tertiary/aromatic N) is 4. The maximum atomic E-state index is 2.48. The molecule has 0 saturated carbocycles. The van der Waals surface area contributed by atoms with Gasteiger partial charge >= 0.3 is 0 Å². The lowest BCUT2D eigenvalue weighted by Crippen LogP contribution is -1.93. The van der Waals surface area contributed by atoms with Crippen molar-refractivity contribution in [2.45, 2.75) is 0 Å². The molecule has 0 amide bonds. The summed E-state index contributed by atoms with van der Waals surface area (Å²) in [7, 11) is 0. The Labute approximate surface area is 785 Å². The molecule has 32 aromatic rings. The van der Waals surface area contributed by atoms with Crippen molar-refractivity contribution < 1.29 is 0 Å². The van der Waals surface area contributed by atoms with E-state index in [1.165, 1.54) is 271 Å². The van der Waals surface area contributed by atoms with Gasteiger partial charge in [-0.2, -0.15) is 0 Å². The fraction of sp³-hybridized carbons (Fsp3) is 0. The third-order valence-electron chi connectivity index (χ3n) is 27.2. The van der Waals surface area contributed by atoms with Crippen molar-refractivity contribution >= 4 is 339 Å². The highest BCUT2D eigenvalue weighted by molar-refractivity contribution is 7.29. The molecular formula is C120H68N4S8. The first kappa shape index (κ1) is 75.2. The number of aromatic nitrogens is 4. The predicted molar refractivity (Wildman–Crippen MR) is 586 cm³/mol. The van der Waals surface area contributed by atoms with Gasteiger partial charge < -0.3 is 18.3 Å². The summed E-state index contributed by atoms with van der Waals surface area (Å²) < 4.78 is 31.4. The first-order valence-electron chi connectivity index (χ1n) is 44.5. The summed E-state index contributed by atoms with van der Waals surface area (Å²) in [5.41, 5.74) is 15.2. The molecule has 132 heavy (non-hydrogen) atoms. The first-order valence-corrected chi connectivity index (χ1v) is 51.0. The molecule has 0 radical (unpaired) electrons. The quantitative estimate of drug-likeness (QED) is 0.167. The van der Waals surface area contributed by atoms with E-state index in [0.29, 0.717) is 0 Å². The highest BCUT2D eigenvalue weighted by Gasteiger charge is 2.26. The molecule has 0 bridgehead atoms. The highest BCUT2D eigenvalue weighted by atomic mass is 32.1. The van der Waals surface area contributed by atoms with Crippen LogP contribution in [-0.2, 0) is 0 Å². The van der Waals surface area contributed by atoms with Gasteiger partial charge in [0.1, 0.15) is 0 Å². The van der Waals surface area contributed by atoms with Crippen LogP contribution in [0.4, 0.5) is 0 Å². The molecule has 0 aliphatic rings. The zero-order valence-corrected chi connectivity index (χ0v) is 76.8. The molecule has 0 aliphatic heterocycles. The molecule has 12 aromatic heterocycles. The second-order valence-electron chi connectivity index (χ2n) is 34.2. The van der Waals surface area contributed by atoms with Crippen molar-refractivity contribution in [1.82, 2.24) is 18.3 Å². The summed E-state index contributed by atoms with van der Waals surface area (Å²) in [4.78, 5) is 0. The zero-order chi connectivity index (χ0) is 86.1. The van der Waals surface area contributed by atoms with Crippen LogP contribution in [0.2, 0.25) is 0 Å². The van der Waals surface area contributed by atoms with Crippen LogP contribution < -0.4 is 0 Å². The van der Waals surface area contributed by atoms with Crippen molar-refractivity contribution in [2.24, 2.45) is 0 Å². The van der Waals surface area contributed by atoms with Crippen molar-refractivity contribution in [3.8, 4) is 22.7 Å². The van der Waals surface area contributed by atoms with Crippen LogP contribution in [-0.4, -0.2) is 18.3 Å². The minimum absolute atomic E-state index is 1.22. The van der Waals surface area contributed by atoms with E-state index < -0.39 is 0 Å². The SMILES string of the molecule is c1ccc2c(c1)sc1c(-n3c4ccccc4c4c5c(ccc43)sc3ccccc35)cccc12.c1ccc2c(c1)sc1c(-n3c4ccccc4c4c5sc6ccccc6c5ccc43)cccc12.c1ccc2c(c1)sc1cc(-n3c4ccccc4c4cc5c(cc43)sc3ccccc35)ccc12.c1ccc2c(c1)sc1cc(-n3c4ccccc4c4ccc5sc6ccccc6c5c43)ccc12. The van der Waals surface area contributed by atoms with Crippen LogP contribution in [0.5, 0.6) is 0 Å². The van der Waals surface area contributed by atoms with Gasteiger partial charge in [-0.1, -0.05) is 267 Å². The first-order chi connectivity index (χ1) is 65.5. The van der Waals surface area contributed by atoms with Crippen LogP contribution in [0.3, 0.4) is 0 Å². The average molecular weight is 1820 g/mol. The van der Waals surface area contributed by atoms with Crippen LogP contribution >= 0.6 is 90.7 Å². The van der Waals surface area contributed by atoms with E-state index in [-0.39, 0.29) is 0 Å². The molecule has 0 saturated heterocycles. The van der Waals surface area contributed by atoms with Gasteiger partial charge in [-0.25, -0.2) is 0 Å². The molecule has 12 heterocycles. The van der Waals surface area contributed by atoms with E-state index in [1.807, 2.05) is 90.7 Å². The summed E-state index contributed by atoms with van der Waals surface area (Å²) in [6, 6.07) is 151. The largest absolute Gasteiger partial charge is 0.309 e. The van der Waals surface area contributed by atoms with Gasteiger partial charge in [-0.3, -0.25) is 0 Å². The maximum Gasteiger partial charge on any atom is 0.0640 e. The number of fused-ring (bicyclic) bond motifs is 39. The second kappa shape index (κ2) is 29.4. The topological polar surface area (TPSA) is 19.7 Å². The molecule has 616 valence electrons. The Bertz CT molecular complexity index is 10500. The number of hydrogen-bond donors (Lipinski definition) is 0. The van der Waals surface area contributed by atoms with Crippen molar-refractivity contribution in [3.63, 3.8) is 0 Å². The van der Waals surface area contributed by atoms with Crippen LogP contribution in [0.15, 0.2) is 413 Å². The summed E-state index contributed by atoms with van der Waals surface area (Å²) >= 11 is 15.1. The number of benzene rings is 20. The molecule has 0 unspecified atom stereocenters. The number of para-hydroxylation sites is 4. The third-order valence-corrected chi connectivity index (χ3v) is 36.5. The average Bonchev–Trinajstić information content (AvgIpc) is 1.43. The molecule has 0 N–H and O–H groups in total. The molecule has 0 atom stereocenters. The Kier molecular flexibility index (Phi) is 16.8. The second-order valence-corrected chi connectivity index (χ2v) is 42.8. The smallest absolute Gasteiger partial charge is 0.0640 e. The van der Waals surface area contributed by atoms with E-state index in [4.69, 9.17) is 0 Å². The van der Waals surface area contributed by atoms with Gasteiger partial charge in [0.05, 0.1) is 64.9 Å². The molecule has 32 rings (SSSR count). The van der Waals surface area contributed by atoms with Gasteiger partial charge in [0, 0.05) is 206 Å². The Morgan fingerprint density at radius 3 is 0.955 bits per heavy atom. The monoisotopic (exact) mass is 1820 g/mol. The summed E-state index contributed by atoms with van der Waals surface area (Å²) in [6.07, 6.45) is 0. The number of rotatable bonds is 4. The zero-order valence-electron chi connectivity index (χ0n) is 70.3. The van der Waals surface area contributed by atoms with E-state index in [9.17, 15) is 0 Å². The van der Waals surface area contributed by atoms with Crippen molar-refractivity contribution in [2.75, 3.05) is 0 Å². The Balaban J connectivity index is 0.0000000862. The predicted octanol–water partition coefficient (Wildman–Crippen LogP) is 38.1. The molecule has 0 fully saturated rings. The molecular weight excluding hydrogens is 1750 g/mol. The van der Waals surface area contributed by atoms with E-state index >= 15 is 0 Å². The van der Waals surface area contributed by atoms with Gasteiger partial charge in [0.15, 0.2) is 0 Å². The summed E-state index contributed by atoms with van der Waals surface area (Å²) in [5.74, 6) is 0. The maximum absolute atomic E-state index is 2.48. The van der Waals surface area contributed by atoms with Crippen LogP contribution in [0, 0.1) is 0 Å². The Hall–Kier alpha value is -14.6. The Morgan fingerprint density at radius 1 is 0.129 bits per heavy atom. The summed E-state index contributed by atoms with van der Waals surface area (Å²) in [5, 5.41) is 32.2. The fourth-order valence-corrected chi connectivity index (χ4v) is 30.8. The van der Waals surface area contributed by atoms with Gasteiger partial charge in [0.2, 0.25) is 0 Å². The van der Waals surface area contributed by atoms with Crippen molar-refractivity contribution in [3.05, 3.63) is 413 Å². The fourth-order valence-electron chi connectivity index (χ4n) is 21.6. The molecule has 4 nitrogen and oxygen atoms in total. The van der Waals surface area contributed by atoms with Gasteiger partial charge in [-0.15, -0.1) is 90.7 Å². The lowest BCUT2D eigenvalue weighted by molar-refractivity contribution is 1.19. The van der Waals surface area contributed by atoms with Gasteiger partial charge in [-0.05, 0) is 146 Å². The standard InChI is InChI=1S/4C30H17NS2/c1-4-12-23-22(10-1)28-24(17-16-21-19-9-3-6-15-27(19)33-30(21)28)31(23)25-13-7-11-20-18-8-2-5-14-26(18)32-29(20)25;1-4-12-22-20(9-1)28-23(16-17-27-29(28)21-10-3-6-15-26(21)32-27)31(22)24-13-7-11-19-18-8-2-5-14-25(18)33-30(19)24;1-4-10-25-19(7-1)23-16-24-21-9-3-6-12-28(21)33-30(24)17-26(23)31(25)18-13-14-22-20-8-2-5-11-27(20)32-29(22)15-18;1-4-10-24-19(7-1)22-15-16-27-29(23-9-3-6-12-26(23)32-27)30(22)31(24)18-13-14-21-20-8-2-5-11-25(20)33-28(21)17-18/h4*1-17H. The molecule has 20 aromatic carbocycles. The summed E-state index contributed by atoms with van der Waals surface area (Å²) in [6.45, 7) is 0. The normalized spacial score (nSPS) is 12.2. The van der Waals surface area contributed by atoms with E-state index in [0.717, 1.165) is 0 Å². The van der Waals surface area contributed by atoms with Crippen LogP contribution in [0.25, 0.3) is 271 Å². The minimum atomic E-state index is 1.22. The van der Waals surface area contributed by atoms with E-state index in [1.54, 1.807) is 0 Å². The lowest BCUT2D eigenvalue weighted by atomic mass is 10.1.